The molecule has 0 saturated carbocycles. The lowest BCUT2D eigenvalue weighted by atomic mass is 10.0. The fourth-order valence-corrected chi connectivity index (χ4v) is 3.51. The first-order valence-corrected chi connectivity index (χ1v) is 11.7. The van der Waals surface area contributed by atoms with Gasteiger partial charge in [0.25, 0.3) is 10.1 Å². The summed E-state index contributed by atoms with van der Waals surface area (Å²) in [5.41, 5.74) is 0. The zero-order valence-corrected chi connectivity index (χ0v) is 17.4. The van der Waals surface area contributed by atoms with Crippen LogP contribution in [-0.2, 0) is 20.6 Å². The zero-order valence-electron chi connectivity index (χ0n) is 16.6. The lowest BCUT2D eigenvalue weighted by Crippen LogP contribution is -2.18. The SMILES string of the molecule is CCCCCCCC(CCCCCC)OC(=O)c1ccc(CS(=O)(=O)O)o1. The number of hydrogen-bond donors (Lipinski definition) is 1. The summed E-state index contributed by atoms with van der Waals surface area (Å²) in [6, 6.07) is 2.75. The van der Waals surface area contributed by atoms with E-state index in [9.17, 15) is 13.2 Å². The van der Waals surface area contributed by atoms with Gasteiger partial charge < -0.3 is 9.15 Å². The van der Waals surface area contributed by atoms with Crippen LogP contribution in [0.5, 0.6) is 0 Å². The second-order valence-corrected chi connectivity index (χ2v) is 8.52. The second-order valence-electron chi connectivity index (χ2n) is 7.07. The van der Waals surface area contributed by atoms with Crippen molar-refractivity contribution in [1.29, 1.82) is 0 Å². The number of carbonyl (C=O) groups is 1. The van der Waals surface area contributed by atoms with E-state index >= 15 is 0 Å². The summed E-state index contributed by atoms with van der Waals surface area (Å²) in [6.07, 6.45) is 11.8. The van der Waals surface area contributed by atoms with Crippen molar-refractivity contribution in [2.24, 2.45) is 0 Å². The number of rotatable bonds is 15. The average Bonchev–Trinajstić information content (AvgIpc) is 3.04. The fourth-order valence-electron chi connectivity index (χ4n) is 2.99. The van der Waals surface area contributed by atoms with Gasteiger partial charge in [-0.25, -0.2) is 4.79 Å². The van der Waals surface area contributed by atoms with Crippen LogP contribution in [0.2, 0.25) is 0 Å². The largest absolute Gasteiger partial charge is 0.457 e. The van der Waals surface area contributed by atoms with Crippen LogP contribution < -0.4 is 0 Å². The van der Waals surface area contributed by atoms with Gasteiger partial charge in [-0.05, 0) is 37.8 Å². The summed E-state index contributed by atoms with van der Waals surface area (Å²) < 4.78 is 41.5. The Hall–Kier alpha value is -1.34. The number of carbonyl (C=O) groups excluding carboxylic acids is 1. The van der Waals surface area contributed by atoms with Gasteiger partial charge in [0.2, 0.25) is 5.76 Å². The van der Waals surface area contributed by atoms with Crippen molar-refractivity contribution in [3.8, 4) is 0 Å². The van der Waals surface area contributed by atoms with Crippen LogP contribution in [0.1, 0.15) is 101 Å². The molecule has 1 unspecified atom stereocenters. The molecule has 27 heavy (non-hydrogen) atoms. The molecular weight excluding hydrogens is 368 g/mol. The van der Waals surface area contributed by atoms with E-state index in [1.807, 2.05) is 0 Å². The highest BCUT2D eigenvalue weighted by Crippen LogP contribution is 2.19. The highest BCUT2D eigenvalue weighted by molar-refractivity contribution is 7.84. The number of unbranched alkanes of at least 4 members (excludes halogenated alkanes) is 7. The minimum absolute atomic E-state index is 0.0171. The predicted molar refractivity (Wildman–Crippen MR) is 105 cm³/mol. The van der Waals surface area contributed by atoms with Crippen molar-refractivity contribution < 1.29 is 26.9 Å². The molecule has 6 nitrogen and oxygen atoms in total. The zero-order chi connectivity index (χ0) is 20.1. The standard InChI is InChI=1S/C20H34O6S/c1-3-5-7-9-11-13-17(12-10-8-6-4-2)26-20(21)19-15-14-18(25-19)16-27(22,23)24/h14-15,17H,3-13,16H2,1-2H3,(H,22,23,24). The molecule has 0 radical (unpaired) electrons. The van der Waals surface area contributed by atoms with Gasteiger partial charge in [0.1, 0.15) is 17.6 Å². The third kappa shape index (κ3) is 11.2. The molecule has 1 atom stereocenters. The number of hydrogen-bond acceptors (Lipinski definition) is 5. The topological polar surface area (TPSA) is 93.8 Å². The minimum atomic E-state index is -4.20. The molecule has 1 aromatic rings. The van der Waals surface area contributed by atoms with Crippen LogP contribution >= 0.6 is 0 Å². The van der Waals surface area contributed by atoms with Crippen LogP contribution in [-0.4, -0.2) is 25.0 Å². The van der Waals surface area contributed by atoms with E-state index in [4.69, 9.17) is 13.7 Å². The second kappa shape index (κ2) is 12.9. The van der Waals surface area contributed by atoms with Crippen molar-refractivity contribution >= 4 is 16.1 Å². The lowest BCUT2D eigenvalue weighted by Gasteiger charge is -2.17. The van der Waals surface area contributed by atoms with Gasteiger partial charge in [0, 0.05) is 0 Å². The van der Waals surface area contributed by atoms with Gasteiger partial charge in [0.15, 0.2) is 0 Å². The van der Waals surface area contributed by atoms with E-state index in [0.29, 0.717) is 0 Å². The van der Waals surface area contributed by atoms with Gasteiger partial charge in [-0.1, -0.05) is 58.8 Å². The average molecular weight is 403 g/mol. The summed E-state index contributed by atoms with van der Waals surface area (Å²) in [7, 11) is -4.20. The van der Waals surface area contributed by atoms with E-state index in [-0.39, 0.29) is 17.6 Å². The smallest absolute Gasteiger partial charge is 0.374 e. The Bertz CT molecular complexity index is 635. The molecular formula is C20H34O6S. The Kier molecular flexibility index (Phi) is 11.4. The maximum Gasteiger partial charge on any atom is 0.374 e. The summed E-state index contributed by atoms with van der Waals surface area (Å²) in [5, 5.41) is 0. The van der Waals surface area contributed by atoms with Crippen molar-refractivity contribution in [1.82, 2.24) is 0 Å². The normalized spacial score (nSPS) is 12.9. The Morgan fingerprint density at radius 1 is 1.00 bits per heavy atom. The van der Waals surface area contributed by atoms with Crippen LogP contribution in [0.4, 0.5) is 0 Å². The molecule has 0 aliphatic heterocycles. The first-order valence-electron chi connectivity index (χ1n) is 10.1. The molecule has 0 fully saturated rings. The Morgan fingerprint density at radius 2 is 1.56 bits per heavy atom. The Balaban J connectivity index is 2.56. The molecule has 1 heterocycles. The highest BCUT2D eigenvalue weighted by Gasteiger charge is 2.20. The molecule has 1 aromatic heterocycles. The van der Waals surface area contributed by atoms with E-state index in [0.717, 1.165) is 44.9 Å². The van der Waals surface area contributed by atoms with Crippen molar-refractivity contribution in [3.63, 3.8) is 0 Å². The van der Waals surface area contributed by atoms with Crippen molar-refractivity contribution in [3.05, 3.63) is 23.7 Å². The fraction of sp³-hybridized carbons (Fsp3) is 0.750. The number of esters is 1. The molecule has 0 bridgehead atoms. The number of furan rings is 1. The summed E-state index contributed by atoms with van der Waals surface area (Å²) in [5.74, 6) is -1.25. The molecule has 1 N–H and O–H groups in total. The lowest BCUT2D eigenvalue weighted by molar-refractivity contribution is 0.0212. The van der Waals surface area contributed by atoms with Crippen LogP contribution in [0.3, 0.4) is 0 Å². The molecule has 0 aromatic carbocycles. The predicted octanol–water partition coefficient (Wildman–Crippen LogP) is 5.52. The first kappa shape index (κ1) is 23.7. The molecule has 1 rings (SSSR count). The summed E-state index contributed by atoms with van der Waals surface area (Å²) in [4.78, 5) is 12.3. The molecule has 0 saturated heterocycles. The maximum absolute atomic E-state index is 12.3. The van der Waals surface area contributed by atoms with Gasteiger partial charge in [-0.15, -0.1) is 0 Å². The molecule has 0 amide bonds. The van der Waals surface area contributed by atoms with E-state index in [1.54, 1.807) is 0 Å². The Morgan fingerprint density at radius 3 is 2.11 bits per heavy atom. The molecule has 0 spiro atoms. The quantitative estimate of drug-likeness (QED) is 0.236. The van der Waals surface area contributed by atoms with Gasteiger partial charge >= 0.3 is 5.97 Å². The third-order valence-corrected chi connectivity index (χ3v) is 5.12. The Labute approximate surface area is 163 Å². The first-order chi connectivity index (χ1) is 12.9. The van der Waals surface area contributed by atoms with Crippen LogP contribution in [0.25, 0.3) is 0 Å². The molecule has 156 valence electrons. The van der Waals surface area contributed by atoms with E-state index < -0.39 is 21.8 Å². The minimum Gasteiger partial charge on any atom is -0.457 e. The van der Waals surface area contributed by atoms with E-state index in [1.165, 1.54) is 37.8 Å². The summed E-state index contributed by atoms with van der Waals surface area (Å²) in [6.45, 7) is 4.34. The van der Waals surface area contributed by atoms with E-state index in [2.05, 4.69) is 13.8 Å². The van der Waals surface area contributed by atoms with Gasteiger partial charge in [-0.2, -0.15) is 8.42 Å². The van der Waals surface area contributed by atoms with Gasteiger partial charge in [0.05, 0.1) is 0 Å². The van der Waals surface area contributed by atoms with Crippen LogP contribution in [0.15, 0.2) is 16.5 Å². The molecule has 7 heteroatoms. The molecule has 0 aliphatic carbocycles. The number of ether oxygens (including phenoxy) is 1. The summed E-state index contributed by atoms with van der Waals surface area (Å²) >= 11 is 0. The maximum atomic E-state index is 12.3. The van der Waals surface area contributed by atoms with Crippen molar-refractivity contribution in [2.45, 2.75) is 96.3 Å². The van der Waals surface area contributed by atoms with Gasteiger partial charge in [-0.3, -0.25) is 4.55 Å². The monoisotopic (exact) mass is 402 g/mol. The van der Waals surface area contributed by atoms with Crippen LogP contribution in [0, 0.1) is 0 Å². The molecule has 0 aliphatic rings. The highest BCUT2D eigenvalue weighted by atomic mass is 32.2. The third-order valence-electron chi connectivity index (χ3n) is 4.47. The van der Waals surface area contributed by atoms with Crippen molar-refractivity contribution in [2.75, 3.05) is 0 Å².